The number of carbonyl (C=O) groups excluding carboxylic acids is 1. The molecular weight excluding hydrogens is 368 g/mol. The zero-order valence-corrected chi connectivity index (χ0v) is 16.1. The van der Waals surface area contributed by atoms with E-state index < -0.39 is 0 Å². The van der Waals surface area contributed by atoms with Gasteiger partial charge in [0.25, 0.3) is 0 Å². The molecule has 0 atom stereocenters. The van der Waals surface area contributed by atoms with Gasteiger partial charge in [-0.15, -0.1) is 0 Å². The van der Waals surface area contributed by atoms with Crippen LogP contribution < -0.4 is 15.8 Å². The summed E-state index contributed by atoms with van der Waals surface area (Å²) in [6.07, 6.45) is 6.37. The van der Waals surface area contributed by atoms with E-state index in [4.69, 9.17) is 10.5 Å². The van der Waals surface area contributed by atoms with Gasteiger partial charge >= 0.3 is 0 Å². The topological polar surface area (TPSA) is 116 Å². The number of nitrogens with two attached hydrogens (primary N) is 1. The first-order chi connectivity index (χ1) is 14.0. The Morgan fingerprint density at radius 2 is 2.03 bits per heavy atom. The molecular formula is C21H22N6O2. The Labute approximate surface area is 168 Å². The van der Waals surface area contributed by atoms with Crippen LogP contribution in [0.3, 0.4) is 0 Å². The maximum Gasteiger partial charge on any atom is 0.232 e. The molecule has 3 N–H and O–H groups in total. The van der Waals surface area contributed by atoms with E-state index in [2.05, 4.69) is 31.8 Å². The van der Waals surface area contributed by atoms with Crippen molar-refractivity contribution in [1.82, 2.24) is 19.9 Å². The minimum Gasteiger partial charge on any atom is -0.472 e. The average molecular weight is 390 g/mol. The van der Waals surface area contributed by atoms with Gasteiger partial charge in [0.1, 0.15) is 18.1 Å². The van der Waals surface area contributed by atoms with Crippen LogP contribution in [0.15, 0.2) is 61.2 Å². The van der Waals surface area contributed by atoms with E-state index in [1.165, 1.54) is 12.4 Å². The van der Waals surface area contributed by atoms with Gasteiger partial charge in [-0.1, -0.05) is 6.58 Å². The maximum absolute atomic E-state index is 12.5. The van der Waals surface area contributed by atoms with Crippen LogP contribution in [0.5, 0.6) is 5.88 Å². The van der Waals surface area contributed by atoms with Gasteiger partial charge in [0.05, 0.1) is 30.3 Å². The van der Waals surface area contributed by atoms with E-state index in [9.17, 15) is 4.79 Å². The Balaban J connectivity index is 1.60. The number of nitrogen functional groups attached to an aromatic ring is 1. The van der Waals surface area contributed by atoms with E-state index in [1.807, 2.05) is 19.1 Å². The number of Topliss-reactive ketones (excluding diaryl/α,β-unsaturated/α-hetero) is 1. The van der Waals surface area contributed by atoms with Gasteiger partial charge in [0.2, 0.25) is 5.88 Å². The molecule has 8 heteroatoms. The lowest BCUT2D eigenvalue weighted by Gasteiger charge is -2.09. The summed E-state index contributed by atoms with van der Waals surface area (Å²) in [7, 11) is 0. The van der Waals surface area contributed by atoms with Crippen molar-refractivity contribution in [2.75, 3.05) is 17.7 Å². The molecule has 0 spiro atoms. The van der Waals surface area contributed by atoms with E-state index in [-0.39, 0.29) is 17.9 Å². The highest BCUT2D eigenvalue weighted by atomic mass is 16.5. The van der Waals surface area contributed by atoms with E-state index in [0.717, 1.165) is 22.5 Å². The van der Waals surface area contributed by atoms with E-state index in [0.29, 0.717) is 24.8 Å². The summed E-state index contributed by atoms with van der Waals surface area (Å²) in [5.41, 5.74) is 9.34. The number of ether oxygens (including phenoxy) is 1. The third kappa shape index (κ3) is 5.83. The number of nitrogens with zero attached hydrogens (tertiary/aromatic N) is 4. The van der Waals surface area contributed by atoms with Crippen molar-refractivity contribution >= 4 is 17.3 Å². The SMILES string of the molecule is C=C(C)COc1cnc(C(=O)Cc2ccnc(CNc3cccnc3N)c2)cn1. The van der Waals surface area contributed by atoms with Crippen LogP contribution >= 0.6 is 0 Å². The fourth-order valence-electron chi connectivity index (χ4n) is 2.50. The van der Waals surface area contributed by atoms with Crippen LogP contribution in [0, 0.1) is 0 Å². The molecule has 0 aliphatic rings. The van der Waals surface area contributed by atoms with Crippen molar-refractivity contribution < 1.29 is 9.53 Å². The molecule has 0 aromatic carbocycles. The smallest absolute Gasteiger partial charge is 0.232 e. The summed E-state index contributed by atoms with van der Waals surface area (Å²) in [5, 5.41) is 3.19. The second-order valence-electron chi connectivity index (χ2n) is 6.53. The van der Waals surface area contributed by atoms with Crippen molar-refractivity contribution in [3.05, 3.63) is 78.2 Å². The highest BCUT2D eigenvalue weighted by Crippen LogP contribution is 2.15. The number of rotatable bonds is 9. The van der Waals surface area contributed by atoms with E-state index >= 15 is 0 Å². The third-order valence-corrected chi connectivity index (χ3v) is 3.92. The van der Waals surface area contributed by atoms with Crippen LogP contribution in [0.25, 0.3) is 0 Å². The standard InChI is InChI=1S/C21H22N6O2/c1-14(2)13-29-20-12-26-18(11-27-20)19(28)9-15-5-7-23-16(8-15)10-25-17-4-3-6-24-21(17)22/h3-8,11-12,25H,1,9-10,13H2,2H3,(H2,22,24). The Bertz CT molecular complexity index is 1000. The number of nitrogens with one attached hydrogen (secondary N) is 1. The first kappa shape index (κ1) is 19.9. The molecule has 0 aliphatic carbocycles. The molecule has 3 aromatic heterocycles. The summed E-state index contributed by atoms with van der Waals surface area (Å²) >= 11 is 0. The van der Waals surface area contributed by atoms with Gasteiger partial charge in [-0.25, -0.2) is 15.0 Å². The molecule has 0 saturated heterocycles. The van der Waals surface area contributed by atoms with Crippen molar-refractivity contribution in [1.29, 1.82) is 0 Å². The van der Waals surface area contributed by atoms with Crippen molar-refractivity contribution in [2.45, 2.75) is 19.9 Å². The number of aromatic nitrogens is 4. The Morgan fingerprint density at radius 1 is 1.17 bits per heavy atom. The number of hydrogen-bond acceptors (Lipinski definition) is 8. The Kier molecular flexibility index (Phi) is 6.47. The van der Waals surface area contributed by atoms with Gasteiger partial charge in [0, 0.05) is 18.8 Å². The van der Waals surface area contributed by atoms with Gasteiger partial charge in [0.15, 0.2) is 5.78 Å². The molecule has 29 heavy (non-hydrogen) atoms. The predicted octanol–water partition coefficient (Wildman–Crippen LogP) is 2.84. The average Bonchev–Trinajstić information content (AvgIpc) is 2.72. The van der Waals surface area contributed by atoms with Gasteiger partial charge in [-0.2, -0.15) is 0 Å². The minimum atomic E-state index is -0.134. The molecule has 8 nitrogen and oxygen atoms in total. The third-order valence-electron chi connectivity index (χ3n) is 3.92. The van der Waals surface area contributed by atoms with Gasteiger partial charge in [-0.3, -0.25) is 9.78 Å². The molecule has 0 bridgehead atoms. The molecule has 0 unspecified atom stereocenters. The lowest BCUT2D eigenvalue weighted by atomic mass is 10.1. The van der Waals surface area contributed by atoms with Crippen LogP contribution in [0.1, 0.15) is 28.7 Å². The second-order valence-corrected chi connectivity index (χ2v) is 6.53. The van der Waals surface area contributed by atoms with Crippen molar-refractivity contribution in [3.8, 4) is 5.88 Å². The van der Waals surface area contributed by atoms with Gasteiger partial charge in [-0.05, 0) is 42.3 Å². The lowest BCUT2D eigenvalue weighted by Crippen LogP contribution is -2.09. The first-order valence-electron chi connectivity index (χ1n) is 9.02. The minimum absolute atomic E-state index is 0.134. The van der Waals surface area contributed by atoms with Gasteiger partial charge < -0.3 is 15.8 Å². The number of ketones is 1. The summed E-state index contributed by atoms with van der Waals surface area (Å²) in [4.78, 5) is 29.1. The highest BCUT2D eigenvalue weighted by Gasteiger charge is 2.11. The van der Waals surface area contributed by atoms with Crippen molar-refractivity contribution in [2.24, 2.45) is 0 Å². The van der Waals surface area contributed by atoms with Crippen molar-refractivity contribution in [3.63, 3.8) is 0 Å². The molecule has 3 aromatic rings. The molecule has 3 rings (SSSR count). The molecule has 0 radical (unpaired) electrons. The quantitative estimate of drug-likeness (QED) is 0.423. The molecule has 0 fully saturated rings. The summed E-state index contributed by atoms with van der Waals surface area (Å²) in [6, 6.07) is 7.32. The predicted molar refractivity (Wildman–Crippen MR) is 111 cm³/mol. The van der Waals surface area contributed by atoms with Crippen LogP contribution in [0.4, 0.5) is 11.5 Å². The zero-order valence-electron chi connectivity index (χ0n) is 16.1. The summed E-state index contributed by atoms with van der Waals surface area (Å²) in [5.74, 6) is 0.648. The molecule has 3 heterocycles. The second kappa shape index (κ2) is 9.41. The molecule has 0 aliphatic heterocycles. The maximum atomic E-state index is 12.5. The number of carbonyl (C=O) groups is 1. The molecule has 0 saturated carbocycles. The Hall–Kier alpha value is -3.81. The summed E-state index contributed by atoms with van der Waals surface area (Å²) in [6.45, 7) is 6.44. The number of anilines is 2. The first-order valence-corrected chi connectivity index (χ1v) is 9.02. The van der Waals surface area contributed by atoms with Crippen LogP contribution in [-0.4, -0.2) is 32.3 Å². The largest absolute Gasteiger partial charge is 0.472 e. The lowest BCUT2D eigenvalue weighted by molar-refractivity contribution is 0.0987. The fourth-order valence-corrected chi connectivity index (χ4v) is 2.50. The van der Waals surface area contributed by atoms with Crippen LogP contribution in [0.2, 0.25) is 0 Å². The fraction of sp³-hybridized carbons (Fsp3) is 0.190. The zero-order chi connectivity index (χ0) is 20.6. The van der Waals surface area contributed by atoms with E-state index in [1.54, 1.807) is 24.5 Å². The number of hydrogen-bond donors (Lipinski definition) is 2. The number of pyridine rings is 2. The van der Waals surface area contributed by atoms with Crippen LogP contribution in [-0.2, 0) is 13.0 Å². The monoisotopic (exact) mass is 390 g/mol. The molecule has 148 valence electrons. The molecule has 0 amide bonds. The normalized spacial score (nSPS) is 10.4. The Morgan fingerprint density at radius 3 is 2.76 bits per heavy atom. The highest BCUT2D eigenvalue weighted by molar-refractivity contribution is 5.95. The summed E-state index contributed by atoms with van der Waals surface area (Å²) < 4.78 is 5.39.